The van der Waals surface area contributed by atoms with Gasteiger partial charge in [-0.15, -0.1) is 11.3 Å². The van der Waals surface area contributed by atoms with Crippen molar-refractivity contribution < 1.29 is 18.7 Å². The number of ether oxygens (including phenoxy) is 1. The minimum Gasteiger partial charge on any atom is -0.462 e. The Hall–Kier alpha value is -2.96. The van der Waals surface area contributed by atoms with E-state index >= 15 is 0 Å². The zero-order valence-corrected chi connectivity index (χ0v) is 17.0. The number of hydrogen-bond acceptors (Lipinski definition) is 4. The normalized spacial score (nSPS) is 10.9. The van der Waals surface area contributed by atoms with Crippen LogP contribution in [-0.4, -0.2) is 18.5 Å². The molecule has 0 saturated carbocycles. The first-order valence-electron chi connectivity index (χ1n) is 8.77. The number of hydrogen-bond donors (Lipinski definition) is 1. The lowest BCUT2D eigenvalue weighted by Gasteiger charge is -2.08. The van der Waals surface area contributed by atoms with Crippen LogP contribution in [0.25, 0.3) is 17.2 Å². The number of nitrogens with one attached hydrogen (secondary N) is 1. The summed E-state index contributed by atoms with van der Waals surface area (Å²) in [6, 6.07) is 12.8. The molecule has 0 spiro atoms. The van der Waals surface area contributed by atoms with Gasteiger partial charge in [0.05, 0.1) is 6.61 Å². The number of rotatable bonds is 6. The standard InChI is InChI=1S/C22H17ClFNO3S/c1-2-28-22(27)20-18(15-6-10-17(24)11-7-15)13-29-21(20)25-19(26)12-5-14-3-8-16(23)9-4-14/h3-13H,2H2,1H3,(H,25,26)/b12-5+. The Labute approximate surface area is 176 Å². The van der Waals surface area contributed by atoms with Gasteiger partial charge in [0, 0.05) is 22.0 Å². The topological polar surface area (TPSA) is 55.4 Å². The molecule has 0 aliphatic carbocycles. The molecule has 3 rings (SSSR count). The maximum absolute atomic E-state index is 13.2. The van der Waals surface area contributed by atoms with E-state index in [2.05, 4.69) is 5.32 Å². The van der Waals surface area contributed by atoms with Gasteiger partial charge in [0.1, 0.15) is 16.4 Å². The molecule has 1 N–H and O–H groups in total. The lowest BCUT2D eigenvalue weighted by atomic mass is 10.0. The summed E-state index contributed by atoms with van der Waals surface area (Å²) in [5.41, 5.74) is 2.29. The fourth-order valence-electron chi connectivity index (χ4n) is 2.60. The third-order valence-electron chi connectivity index (χ3n) is 3.96. The number of benzene rings is 2. The van der Waals surface area contributed by atoms with Crippen molar-refractivity contribution in [1.82, 2.24) is 0 Å². The van der Waals surface area contributed by atoms with Crippen LogP contribution >= 0.6 is 22.9 Å². The molecule has 0 bridgehead atoms. The molecule has 3 aromatic rings. The number of carbonyl (C=O) groups is 2. The highest BCUT2D eigenvalue weighted by Gasteiger charge is 2.22. The molecule has 0 radical (unpaired) electrons. The maximum atomic E-state index is 13.2. The quantitative estimate of drug-likeness (QED) is 0.384. The molecule has 0 aliphatic rings. The van der Waals surface area contributed by atoms with Crippen LogP contribution in [0.5, 0.6) is 0 Å². The number of anilines is 1. The van der Waals surface area contributed by atoms with Crippen LogP contribution in [0.3, 0.4) is 0 Å². The van der Waals surface area contributed by atoms with E-state index in [9.17, 15) is 14.0 Å². The SMILES string of the molecule is CCOC(=O)c1c(-c2ccc(F)cc2)csc1NC(=O)/C=C/c1ccc(Cl)cc1. The summed E-state index contributed by atoms with van der Waals surface area (Å²) in [7, 11) is 0. The Morgan fingerprint density at radius 3 is 2.48 bits per heavy atom. The molecule has 0 atom stereocenters. The summed E-state index contributed by atoms with van der Waals surface area (Å²) in [5.74, 6) is -1.31. The van der Waals surface area contributed by atoms with E-state index in [0.29, 0.717) is 21.2 Å². The predicted octanol–water partition coefficient (Wildman–Crippen LogP) is 6.04. The molecular weight excluding hydrogens is 413 g/mol. The molecule has 7 heteroatoms. The second-order valence-electron chi connectivity index (χ2n) is 5.96. The summed E-state index contributed by atoms with van der Waals surface area (Å²) in [6.45, 7) is 1.90. The first-order valence-corrected chi connectivity index (χ1v) is 10.0. The third kappa shape index (κ3) is 5.31. The fraction of sp³-hybridized carbons (Fsp3) is 0.0909. The van der Waals surface area contributed by atoms with Gasteiger partial charge < -0.3 is 10.1 Å². The summed E-state index contributed by atoms with van der Waals surface area (Å²) in [5, 5.41) is 5.44. The van der Waals surface area contributed by atoms with Crippen LogP contribution in [0.4, 0.5) is 9.39 Å². The summed E-state index contributed by atoms with van der Waals surface area (Å²) < 4.78 is 18.4. The average molecular weight is 430 g/mol. The number of carbonyl (C=O) groups excluding carboxylic acids is 2. The van der Waals surface area contributed by atoms with E-state index < -0.39 is 11.9 Å². The molecular formula is C22H17ClFNO3S. The van der Waals surface area contributed by atoms with Crippen molar-refractivity contribution in [2.24, 2.45) is 0 Å². The average Bonchev–Trinajstić information content (AvgIpc) is 3.12. The van der Waals surface area contributed by atoms with Crippen molar-refractivity contribution >= 4 is 45.9 Å². The summed E-state index contributed by atoms with van der Waals surface area (Å²) in [6.07, 6.45) is 3.01. The van der Waals surface area contributed by atoms with Crippen LogP contribution in [0.2, 0.25) is 5.02 Å². The van der Waals surface area contributed by atoms with Gasteiger partial charge in [0.25, 0.3) is 0 Å². The highest BCUT2D eigenvalue weighted by molar-refractivity contribution is 7.15. The van der Waals surface area contributed by atoms with Gasteiger partial charge in [-0.05, 0) is 48.4 Å². The molecule has 0 fully saturated rings. The van der Waals surface area contributed by atoms with E-state index in [1.807, 2.05) is 0 Å². The van der Waals surface area contributed by atoms with Gasteiger partial charge in [-0.3, -0.25) is 4.79 Å². The van der Waals surface area contributed by atoms with Crippen molar-refractivity contribution in [2.45, 2.75) is 6.92 Å². The minimum absolute atomic E-state index is 0.196. The Morgan fingerprint density at radius 1 is 1.14 bits per heavy atom. The highest BCUT2D eigenvalue weighted by Crippen LogP contribution is 2.36. The molecule has 1 heterocycles. The molecule has 0 saturated heterocycles. The van der Waals surface area contributed by atoms with E-state index in [4.69, 9.17) is 16.3 Å². The molecule has 1 amide bonds. The lowest BCUT2D eigenvalue weighted by Crippen LogP contribution is -2.12. The van der Waals surface area contributed by atoms with Crippen LogP contribution in [0.1, 0.15) is 22.8 Å². The second-order valence-corrected chi connectivity index (χ2v) is 7.27. The van der Waals surface area contributed by atoms with Crippen molar-refractivity contribution in [3.8, 4) is 11.1 Å². The Bertz CT molecular complexity index is 1040. The smallest absolute Gasteiger partial charge is 0.341 e. The Morgan fingerprint density at radius 2 is 1.83 bits per heavy atom. The number of thiophene rings is 1. The molecule has 1 aromatic heterocycles. The molecule has 148 valence electrons. The molecule has 2 aromatic carbocycles. The van der Waals surface area contributed by atoms with Gasteiger partial charge in [0.2, 0.25) is 5.91 Å². The lowest BCUT2D eigenvalue weighted by molar-refractivity contribution is -0.111. The number of esters is 1. The van der Waals surface area contributed by atoms with Gasteiger partial charge in [-0.25, -0.2) is 9.18 Å². The van der Waals surface area contributed by atoms with E-state index in [0.717, 1.165) is 5.56 Å². The number of amides is 1. The highest BCUT2D eigenvalue weighted by atomic mass is 35.5. The number of halogens is 2. The first-order chi connectivity index (χ1) is 14.0. The largest absolute Gasteiger partial charge is 0.462 e. The minimum atomic E-state index is -0.551. The van der Waals surface area contributed by atoms with Crippen molar-refractivity contribution in [3.63, 3.8) is 0 Å². The fourth-order valence-corrected chi connectivity index (χ4v) is 3.68. The van der Waals surface area contributed by atoms with E-state index in [-0.39, 0.29) is 18.0 Å². The van der Waals surface area contributed by atoms with Crippen LogP contribution in [0, 0.1) is 5.82 Å². The van der Waals surface area contributed by atoms with Crippen LogP contribution < -0.4 is 5.32 Å². The van der Waals surface area contributed by atoms with Crippen LogP contribution in [0.15, 0.2) is 60.0 Å². The van der Waals surface area contributed by atoms with Gasteiger partial charge in [-0.2, -0.15) is 0 Å². The molecule has 4 nitrogen and oxygen atoms in total. The zero-order valence-electron chi connectivity index (χ0n) is 15.4. The summed E-state index contributed by atoms with van der Waals surface area (Å²) in [4.78, 5) is 24.9. The molecule has 29 heavy (non-hydrogen) atoms. The van der Waals surface area contributed by atoms with Crippen molar-refractivity contribution in [3.05, 3.63) is 82.0 Å². The van der Waals surface area contributed by atoms with Gasteiger partial charge in [-0.1, -0.05) is 35.9 Å². The van der Waals surface area contributed by atoms with Gasteiger partial charge in [0.15, 0.2) is 0 Å². The van der Waals surface area contributed by atoms with E-state index in [1.165, 1.54) is 29.5 Å². The Kier molecular flexibility index (Phi) is 6.80. The van der Waals surface area contributed by atoms with Crippen molar-refractivity contribution in [2.75, 3.05) is 11.9 Å². The first kappa shape index (κ1) is 20.8. The van der Waals surface area contributed by atoms with Crippen molar-refractivity contribution in [1.29, 1.82) is 0 Å². The van der Waals surface area contributed by atoms with Gasteiger partial charge >= 0.3 is 5.97 Å². The molecule has 0 unspecified atom stereocenters. The summed E-state index contributed by atoms with van der Waals surface area (Å²) >= 11 is 7.05. The zero-order chi connectivity index (χ0) is 20.8. The predicted molar refractivity (Wildman–Crippen MR) is 115 cm³/mol. The third-order valence-corrected chi connectivity index (χ3v) is 5.11. The Balaban J connectivity index is 1.86. The maximum Gasteiger partial charge on any atom is 0.341 e. The monoisotopic (exact) mass is 429 g/mol. The van der Waals surface area contributed by atoms with E-state index in [1.54, 1.807) is 54.8 Å². The van der Waals surface area contributed by atoms with Crippen LogP contribution in [-0.2, 0) is 9.53 Å². The molecule has 0 aliphatic heterocycles. The second kappa shape index (κ2) is 9.49.